The highest BCUT2D eigenvalue weighted by atomic mass is 16.5. The predicted molar refractivity (Wildman–Crippen MR) is 80.8 cm³/mol. The minimum Gasteiger partial charge on any atom is -0.497 e. The lowest BCUT2D eigenvalue weighted by Crippen LogP contribution is -2.44. The largest absolute Gasteiger partial charge is 0.497 e. The molecule has 2 rings (SSSR count). The Kier molecular flexibility index (Phi) is 5.26. The van der Waals surface area contributed by atoms with Crippen LogP contribution in [0.2, 0.25) is 0 Å². The van der Waals surface area contributed by atoms with Crippen molar-refractivity contribution in [3.63, 3.8) is 0 Å². The third-order valence-corrected chi connectivity index (χ3v) is 3.81. The molecule has 0 aliphatic heterocycles. The first-order valence-corrected chi connectivity index (χ1v) is 7.39. The van der Waals surface area contributed by atoms with Gasteiger partial charge in [-0.05, 0) is 12.1 Å². The molecule has 3 N–H and O–H groups in total. The summed E-state index contributed by atoms with van der Waals surface area (Å²) in [4.78, 5) is 11.7. The maximum absolute atomic E-state index is 11.7. The second kappa shape index (κ2) is 6.98. The number of amides is 1. The van der Waals surface area contributed by atoms with Crippen LogP contribution in [0, 0.1) is 5.92 Å². The van der Waals surface area contributed by atoms with E-state index in [-0.39, 0.29) is 11.8 Å². The summed E-state index contributed by atoms with van der Waals surface area (Å²) in [5.41, 5.74) is 0. The highest BCUT2D eigenvalue weighted by Gasteiger charge is 2.43. The number of carbonyl (C=O) groups excluding carboxylic acids is 1. The van der Waals surface area contributed by atoms with Crippen molar-refractivity contribution in [3.8, 4) is 11.5 Å². The van der Waals surface area contributed by atoms with Gasteiger partial charge in [-0.1, -0.05) is 19.9 Å². The molecule has 122 valence electrons. The Morgan fingerprint density at radius 2 is 1.95 bits per heavy atom. The molecule has 1 aliphatic rings. The Hall–Kier alpha value is -1.79. The van der Waals surface area contributed by atoms with Crippen molar-refractivity contribution in [1.82, 2.24) is 5.32 Å². The van der Waals surface area contributed by atoms with Crippen LogP contribution in [0.1, 0.15) is 20.3 Å². The van der Waals surface area contributed by atoms with Gasteiger partial charge in [0.15, 0.2) is 0 Å². The minimum atomic E-state index is -1.05. The topological polar surface area (TPSA) is 88.0 Å². The fourth-order valence-corrected chi connectivity index (χ4v) is 2.45. The first kappa shape index (κ1) is 16.6. The molecule has 6 nitrogen and oxygen atoms in total. The summed E-state index contributed by atoms with van der Waals surface area (Å²) in [6.45, 7) is 3.55. The van der Waals surface area contributed by atoms with Crippen LogP contribution in [-0.2, 0) is 4.79 Å². The van der Waals surface area contributed by atoms with Crippen molar-refractivity contribution in [1.29, 1.82) is 0 Å². The summed E-state index contributed by atoms with van der Waals surface area (Å²) in [6.07, 6.45) is -2.33. The second-order valence-corrected chi connectivity index (χ2v) is 5.82. The Morgan fingerprint density at radius 1 is 1.27 bits per heavy atom. The zero-order chi connectivity index (χ0) is 16.3. The van der Waals surface area contributed by atoms with Gasteiger partial charge in [0.25, 0.3) is 0 Å². The van der Waals surface area contributed by atoms with Crippen LogP contribution >= 0.6 is 0 Å². The van der Waals surface area contributed by atoms with Crippen LogP contribution in [0.4, 0.5) is 0 Å². The minimum absolute atomic E-state index is 0.154. The fourth-order valence-electron chi connectivity index (χ4n) is 2.45. The normalized spacial score (nSPS) is 27.7. The number of aliphatic hydroxyl groups excluding tert-OH is 2. The molecule has 0 heterocycles. The molecule has 1 saturated carbocycles. The van der Waals surface area contributed by atoms with Crippen molar-refractivity contribution in [2.75, 3.05) is 7.11 Å². The van der Waals surface area contributed by atoms with E-state index in [1.165, 1.54) is 0 Å². The average molecular weight is 309 g/mol. The van der Waals surface area contributed by atoms with Gasteiger partial charge in [0, 0.05) is 18.4 Å². The molecule has 0 bridgehead atoms. The molecule has 0 radical (unpaired) electrons. The Balaban J connectivity index is 2.01. The molecule has 1 aromatic rings. The number of ether oxygens (including phenoxy) is 2. The quantitative estimate of drug-likeness (QED) is 0.745. The number of hydrogen-bond donors (Lipinski definition) is 3. The number of hydrogen-bond acceptors (Lipinski definition) is 5. The van der Waals surface area contributed by atoms with Crippen molar-refractivity contribution >= 4 is 5.91 Å². The smallest absolute Gasteiger partial charge is 0.222 e. The standard InChI is InChI=1S/C16H23NO5/c1-9(2)16(20)17-12-8-13(15(19)14(12)18)22-11-6-4-5-10(7-11)21-3/h4-7,9,12-15,18-19H,8H2,1-3H3,(H,17,20)/t12-,13-,14+,15+/m1/s1. The summed E-state index contributed by atoms with van der Waals surface area (Å²) in [7, 11) is 1.56. The molecule has 4 atom stereocenters. The van der Waals surface area contributed by atoms with Gasteiger partial charge >= 0.3 is 0 Å². The Morgan fingerprint density at radius 3 is 2.59 bits per heavy atom. The van der Waals surface area contributed by atoms with E-state index in [0.717, 1.165) is 0 Å². The lowest BCUT2D eigenvalue weighted by Gasteiger charge is -2.19. The number of aliphatic hydroxyl groups is 2. The van der Waals surface area contributed by atoms with E-state index < -0.39 is 24.4 Å². The number of carbonyl (C=O) groups is 1. The molecule has 0 spiro atoms. The van der Waals surface area contributed by atoms with Gasteiger partial charge in [-0.25, -0.2) is 0 Å². The summed E-state index contributed by atoms with van der Waals surface area (Å²) in [6, 6.07) is 6.52. The molecular formula is C16H23NO5. The Bertz CT molecular complexity index is 519. The third kappa shape index (κ3) is 3.69. The van der Waals surface area contributed by atoms with Gasteiger partial charge in [0.05, 0.1) is 13.2 Å². The van der Waals surface area contributed by atoms with Gasteiger partial charge in [-0.3, -0.25) is 4.79 Å². The number of benzene rings is 1. The van der Waals surface area contributed by atoms with Crippen molar-refractivity contribution < 1.29 is 24.5 Å². The second-order valence-electron chi connectivity index (χ2n) is 5.82. The van der Waals surface area contributed by atoms with Gasteiger partial charge in [-0.15, -0.1) is 0 Å². The van der Waals surface area contributed by atoms with Crippen LogP contribution in [0.15, 0.2) is 24.3 Å². The number of rotatable bonds is 5. The number of methoxy groups -OCH3 is 1. The highest BCUT2D eigenvalue weighted by molar-refractivity contribution is 5.78. The van der Waals surface area contributed by atoms with Gasteiger partial charge < -0.3 is 25.0 Å². The predicted octanol–water partition coefficient (Wildman–Crippen LogP) is 0.709. The molecular weight excluding hydrogens is 286 g/mol. The van der Waals surface area contributed by atoms with Crippen LogP contribution < -0.4 is 14.8 Å². The van der Waals surface area contributed by atoms with Crippen molar-refractivity contribution in [3.05, 3.63) is 24.3 Å². The molecule has 1 amide bonds. The van der Waals surface area contributed by atoms with E-state index in [2.05, 4.69) is 5.32 Å². The molecule has 22 heavy (non-hydrogen) atoms. The number of nitrogens with one attached hydrogen (secondary N) is 1. The Labute approximate surface area is 130 Å². The average Bonchev–Trinajstić information content (AvgIpc) is 2.75. The molecule has 1 aliphatic carbocycles. The first-order chi connectivity index (χ1) is 10.4. The van der Waals surface area contributed by atoms with Crippen LogP contribution in [-0.4, -0.2) is 47.6 Å². The molecule has 1 fully saturated rings. The van der Waals surface area contributed by atoms with Crippen LogP contribution in [0.25, 0.3) is 0 Å². The summed E-state index contributed by atoms with van der Waals surface area (Å²) in [5, 5.41) is 22.9. The molecule has 0 unspecified atom stereocenters. The fraction of sp³-hybridized carbons (Fsp3) is 0.562. The van der Waals surface area contributed by atoms with Gasteiger partial charge in [0.2, 0.25) is 5.91 Å². The SMILES string of the molecule is COc1cccc(O[C@@H]2C[C@@H](NC(=O)C(C)C)[C@H](O)[C@H]2O)c1. The van der Waals surface area contributed by atoms with Crippen molar-refractivity contribution in [2.24, 2.45) is 5.92 Å². The van der Waals surface area contributed by atoms with Gasteiger partial charge in [0.1, 0.15) is 29.8 Å². The molecule has 6 heteroatoms. The van der Waals surface area contributed by atoms with E-state index in [4.69, 9.17) is 9.47 Å². The first-order valence-electron chi connectivity index (χ1n) is 7.39. The maximum Gasteiger partial charge on any atom is 0.222 e. The molecule has 0 saturated heterocycles. The van der Waals surface area contributed by atoms with E-state index in [0.29, 0.717) is 17.9 Å². The summed E-state index contributed by atoms with van der Waals surface area (Å²) >= 11 is 0. The zero-order valence-corrected chi connectivity index (χ0v) is 13.0. The van der Waals surface area contributed by atoms with E-state index in [9.17, 15) is 15.0 Å². The van der Waals surface area contributed by atoms with Crippen LogP contribution in [0.3, 0.4) is 0 Å². The lowest BCUT2D eigenvalue weighted by atomic mass is 10.1. The van der Waals surface area contributed by atoms with Crippen LogP contribution in [0.5, 0.6) is 11.5 Å². The van der Waals surface area contributed by atoms with E-state index in [1.54, 1.807) is 45.2 Å². The summed E-state index contributed by atoms with van der Waals surface area (Å²) in [5.74, 6) is 0.864. The molecule has 0 aromatic heterocycles. The molecule has 1 aromatic carbocycles. The third-order valence-electron chi connectivity index (χ3n) is 3.81. The van der Waals surface area contributed by atoms with E-state index in [1.807, 2.05) is 0 Å². The zero-order valence-electron chi connectivity index (χ0n) is 13.0. The van der Waals surface area contributed by atoms with Crippen molar-refractivity contribution in [2.45, 2.75) is 44.6 Å². The van der Waals surface area contributed by atoms with E-state index >= 15 is 0 Å². The summed E-state index contributed by atoms with van der Waals surface area (Å²) < 4.78 is 10.8. The highest BCUT2D eigenvalue weighted by Crippen LogP contribution is 2.28. The van der Waals surface area contributed by atoms with Gasteiger partial charge in [-0.2, -0.15) is 0 Å². The maximum atomic E-state index is 11.7. The monoisotopic (exact) mass is 309 g/mol. The lowest BCUT2D eigenvalue weighted by molar-refractivity contribution is -0.125.